The third kappa shape index (κ3) is 4.34. The first-order chi connectivity index (χ1) is 9.68. The van der Waals surface area contributed by atoms with Crippen LogP contribution in [0.1, 0.15) is 45.2 Å². The first-order valence-corrected chi connectivity index (χ1v) is 7.28. The topological polar surface area (TPSA) is 65.8 Å². The van der Waals surface area contributed by atoms with E-state index in [1.54, 1.807) is 6.20 Å². The molecule has 0 aliphatic heterocycles. The van der Waals surface area contributed by atoms with E-state index in [0.29, 0.717) is 25.8 Å². The molecule has 0 spiro atoms. The number of amides is 1. The van der Waals surface area contributed by atoms with Crippen LogP contribution in [0.4, 0.5) is 0 Å². The second kappa shape index (κ2) is 8.31. The second-order valence-corrected chi connectivity index (χ2v) is 5.02. The minimum Gasteiger partial charge on any atom is -0.354 e. The maximum absolute atomic E-state index is 12.3. The first kappa shape index (κ1) is 16.2. The highest BCUT2D eigenvalue weighted by molar-refractivity contribution is 5.85. The van der Waals surface area contributed by atoms with Crippen molar-refractivity contribution in [3.05, 3.63) is 30.1 Å². The lowest BCUT2D eigenvalue weighted by molar-refractivity contribution is -0.128. The molecule has 20 heavy (non-hydrogen) atoms. The highest BCUT2D eigenvalue weighted by atomic mass is 16.2. The monoisotopic (exact) mass is 273 g/mol. The summed E-state index contributed by atoms with van der Waals surface area (Å²) >= 11 is 0. The minimum absolute atomic E-state index is 0.139. The van der Waals surface area contributed by atoms with Gasteiger partial charge in [-0.1, -0.05) is 32.8 Å². The average Bonchev–Trinajstić information content (AvgIpc) is 2.48. The number of carbonyl (C=O) groups is 1. The Balaban J connectivity index is 2.56. The number of carbonyl (C=O) groups excluding carboxylic acids is 1. The molecule has 0 aliphatic carbocycles. The summed E-state index contributed by atoms with van der Waals surface area (Å²) in [4.78, 5) is 16.5. The summed E-state index contributed by atoms with van der Waals surface area (Å²) in [6, 6.07) is 7.97. The van der Waals surface area contributed by atoms with Crippen molar-refractivity contribution in [1.29, 1.82) is 5.26 Å². The van der Waals surface area contributed by atoms with Crippen molar-refractivity contribution in [3.8, 4) is 6.07 Å². The van der Waals surface area contributed by atoms with E-state index in [4.69, 9.17) is 0 Å². The summed E-state index contributed by atoms with van der Waals surface area (Å²) in [6.45, 7) is 4.53. The molecular formula is C16H23N3O. The van der Waals surface area contributed by atoms with Crippen molar-refractivity contribution in [2.24, 2.45) is 5.41 Å². The Morgan fingerprint density at radius 2 is 2.05 bits per heavy atom. The maximum Gasteiger partial charge on any atom is 0.240 e. The fraction of sp³-hybridized carbons (Fsp3) is 0.562. The highest BCUT2D eigenvalue weighted by Crippen LogP contribution is 2.29. The molecule has 0 aromatic carbocycles. The van der Waals surface area contributed by atoms with Crippen LogP contribution in [0.15, 0.2) is 24.4 Å². The largest absolute Gasteiger partial charge is 0.354 e. The zero-order valence-corrected chi connectivity index (χ0v) is 12.4. The van der Waals surface area contributed by atoms with Crippen LogP contribution in [-0.4, -0.2) is 17.4 Å². The quantitative estimate of drug-likeness (QED) is 0.792. The van der Waals surface area contributed by atoms with Crippen molar-refractivity contribution in [2.45, 2.75) is 46.0 Å². The van der Waals surface area contributed by atoms with Crippen molar-refractivity contribution < 1.29 is 4.79 Å². The van der Waals surface area contributed by atoms with Crippen LogP contribution >= 0.6 is 0 Å². The zero-order valence-electron chi connectivity index (χ0n) is 12.4. The van der Waals surface area contributed by atoms with Gasteiger partial charge in [0.05, 0.1) is 6.07 Å². The lowest BCUT2D eigenvalue weighted by Crippen LogP contribution is -2.41. The van der Waals surface area contributed by atoms with Gasteiger partial charge in [0.15, 0.2) is 0 Å². The summed E-state index contributed by atoms with van der Waals surface area (Å²) in [5, 5.41) is 12.3. The number of nitrogens with zero attached hydrogens (tertiary/aromatic N) is 2. The molecule has 1 rings (SSSR count). The number of pyridine rings is 1. The van der Waals surface area contributed by atoms with E-state index >= 15 is 0 Å². The molecular weight excluding hydrogens is 250 g/mol. The van der Waals surface area contributed by atoms with Gasteiger partial charge in [-0.2, -0.15) is 5.26 Å². The fourth-order valence-corrected chi connectivity index (χ4v) is 2.39. The third-order valence-corrected chi connectivity index (χ3v) is 3.40. The Kier molecular flexibility index (Phi) is 6.72. The second-order valence-electron chi connectivity index (χ2n) is 5.02. The molecule has 0 fully saturated rings. The number of rotatable bonds is 8. The highest BCUT2D eigenvalue weighted by Gasteiger charge is 2.36. The molecule has 0 saturated heterocycles. The molecule has 1 N–H and O–H groups in total. The van der Waals surface area contributed by atoms with Crippen molar-refractivity contribution in [1.82, 2.24) is 10.3 Å². The minimum atomic E-state index is -0.867. The molecule has 4 heteroatoms. The van der Waals surface area contributed by atoms with Gasteiger partial charge < -0.3 is 5.32 Å². The molecule has 1 aromatic heterocycles. The van der Waals surface area contributed by atoms with Gasteiger partial charge in [-0.25, -0.2) is 0 Å². The van der Waals surface area contributed by atoms with Crippen molar-refractivity contribution >= 4 is 5.91 Å². The van der Waals surface area contributed by atoms with Crippen LogP contribution in [0, 0.1) is 16.7 Å². The van der Waals surface area contributed by atoms with Gasteiger partial charge in [0.25, 0.3) is 0 Å². The predicted molar refractivity (Wildman–Crippen MR) is 78.8 cm³/mol. The first-order valence-electron chi connectivity index (χ1n) is 7.28. The molecule has 0 unspecified atom stereocenters. The van der Waals surface area contributed by atoms with E-state index in [-0.39, 0.29) is 5.91 Å². The smallest absolute Gasteiger partial charge is 0.240 e. The molecule has 4 nitrogen and oxygen atoms in total. The number of nitrogens with one attached hydrogen (secondary N) is 1. The summed E-state index contributed by atoms with van der Waals surface area (Å²) in [5.41, 5.74) is 0.0782. The molecule has 108 valence electrons. The van der Waals surface area contributed by atoms with Gasteiger partial charge in [0.1, 0.15) is 5.41 Å². The van der Waals surface area contributed by atoms with Crippen LogP contribution in [0.2, 0.25) is 0 Å². The Bertz CT molecular complexity index is 445. The van der Waals surface area contributed by atoms with Crippen LogP contribution in [0.3, 0.4) is 0 Å². The molecule has 0 bridgehead atoms. The number of hydrogen-bond donors (Lipinski definition) is 1. The fourth-order valence-electron chi connectivity index (χ4n) is 2.39. The van der Waals surface area contributed by atoms with Gasteiger partial charge in [-0.15, -0.1) is 0 Å². The SMILES string of the molecule is CCCC(C#N)(CCC)C(=O)NCCc1ccccn1. The molecule has 0 aliphatic rings. The normalized spacial score (nSPS) is 10.8. The lowest BCUT2D eigenvalue weighted by Gasteiger charge is -2.24. The third-order valence-electron chi connectivity index (χ3n) is 3.40. The molecule has 0 radical (unpaired) electrons. The van der Waals surface area contributed by atoms with E-state index in [0.717, 1.165) is 18.5 Å². The average molecular weight is 273 g/mol. The van der Waals surface area contributed by atoms with E-state index in [9.17, 15) is 10.1 Å². The predicted octanol–water partition coefficient (Wildman–Crippen LogP) is 2.85. The van der Waals surface area contributed by atoms with E-state index in [1.165, 1.54) is 0 Å². The van der Waals surface area contributed by atoms with E-state index < -0.39 is 5.41 Å². The number of hydrogen-bond acceptors (Lipinski definition) is 3. The summed E-state index contributed by atoms with van der Waals surface area (Å²) in [5.74, 6) is -0.139. The molecule has 1 aromatic rings. The standard InChI is InChI=1S/C16H23N3O/c1-3-9-16(13-17,10-4-2)15(20)19-12-8-14-7-5-6-11-18-14/h5-7,11H,3-4,8-10,12H2,1-2H3,(H,19,20). The molecule has 1 heterocycles. The Morgan fingerprint density at radius 3 is 2.55 bits per heavy atom. The summed E-state index contributed by atoms with van der Waals surface area (Å²) in [7, 11) is 0. The van der Waals surface area contributed by atoms with Gasteiger partial charge in [0, 0.05) is 24.9 Å². The van der Waals surface area contributed by atoms with Crippen molar-refractivity contribution in [2.75, 3.05) is 6.54 Å². The van der Waals surface area contributed by atoms with Crippen molar-refractivity contribution in [3.63, 3.8) is 0 Å². The zero-order chi connectivity index (χ0) is 14.8. The Labute approximate surface area is 121 Å². The molecule has 1 amide bonds. The maximum atomic E-state index is 12.3. The van der Waals surface area contributed by atoms with Crippen LogP contribution < -0.4 is 5.32 Å². The lowest BCUT2D eigenvalue weighted by atomic mass is 9.80. The van der Waals surface area contributed by atoms with E-state index in [2.05, 4.69) is 16.4 Å². The molecule has 0 saturated carbocycles. The van der Waals surface area contributed by atoms with Gasteiger partial charge >= 0.3 is 0 Å². The summed E-state index contributed by atoms with van der Waals surface area (Å²) < 4.78 is 0. The number of aromatic nitrogens is 1. The molecule has 0 atom stereocenters. The van der Waals surface area contributed by atoms with Gasteiger partial charge in [-0.05, 0) is 25.0 Å². The Morgan fingerprint density at radius 1 is 1.35 bits per heavy atom. The van der Waals surface area contributed by atoms with Crippen LogP contribution in [0.5, 0.6) is 0 Å². The van der Waals surface area contributed by atoms with Gasteiger partial charge in [-0.3, -0.25) is 9.78 Å². The summed E-state index contributed by atoms with van der Waals surface area (Å²) in [6.07, 6.45) is 5.33. The van der Waals surface area contributed by atoms with Crippen LogP contribution in [0.25, 0.3) is 0 Å². The number of nitriles is 1. The Hall–Kier alpha value is -1.89. The van der Waals surface area contributed by atoms with Crippen LogP contribution in [-0.2, 0) is 11.2 Å². The van der Waals surface area contributed by atoms with E-state index in [1.807, 2.05) is 32.0 Å². The van der Waals surface area contributed by atoms with Gasteiger partial charge in [0.2, 0.25) is 5.91 Å².